The highest BCUT2D eigenvalue weighted by Gasteiger charge is 2.34. The Morgan fingerprint density at radius 1 is 0.791 bits per heavy atom. The molecular formula is C30H46N6O7. The maximum Gasteiger partial charge on any atom is 0.326 e. The van der Waals surface area contributed by atoms with Crippen LogP contribution in [0, 0.1) is 17.8 Å². The van der Waals surface area contributed by atoms with Gasteiger partial charge in [-0.1, -0.05) is 59.7 Å². The lowest BCUT2D eigenvalue weighted by Crippen LogP contribution is -2.61. The molecule has 0 saturated heterocycles. The van der Waals surface area contributed by atoms with Crippen molar-refractivity contribution in [2.24, 2.45) is 23.5 Å². The fourth-order valence-corrected chi connectivity index (χ4v) is 4.62. The molecule has 13 nitrogen and oxygen atoms in total. The van der Waals surface area contributed by atoms with Crippen molar-refractivity contribution in [3.05, 3.63) is 36.0 Å². The van der Waals surface area contributed by atoms with E-state index in [4.69, 9.17) is 5.73 Å². The molecule has 1 heterocycles. The zero-order valence-corrected chi connectivity index (χ0v) is 25.6. The maximum absolute atomic E-state index is 13.3. The first-order chi connectivity index (χ1) is 20.2. The highest BCUT2D eigenvalue weighted by Crippen LogP contribution is 2.19. The van der Waals surface area contributed by atoms with Gasteiger partial charge in [0.2, 0.25) is 23.6 Å². The van der Waals surface area contributed by atoms with E-state index in [0.29, 0.717) is 0 Å². The number of carbonyl (C=O) groups excluding carboxylic acids is 4. The lowest BCUT2D eigenvalue weighted by molar-refractivity contribution is -0.143. The fraction of sp³-hybridized carbons (Fsp3) is 0.567. The second kappa shape index (κ2) is 16.0. The first-order valence-corrected chi connectivity index (χ1v) is 14.5. The molecule has 0 spiro atoms. The van der Waals surface area contributed by atoms with E-state index in [1.807, 2.05) is 38.1 Å². The number of benzene rings is 1. The van der Waals surface area contributed by atoms with Gasteiger partial charge in [-0.2, -0.15) is 0 Å². The van der Waals surface area contributed by atoms with Crippen molar-refractivity contribution < 1.29 is 34.2 Å². The summed E-state index contributed by atoms with van der Waals surface area (Å²) in [5.74, 6) is -4.80. The smallest absolute Gasteiger partial charge is 0.326 e. The summed E-state index contributed by atoms with van der Waals surface area (Å²) in [4.78, 5) is 66.9. The summed E-state index contributed by atoms with van der Waals surface area (Å²) in [6, 6.07) is 1.83. The molecule has 0 bridgehead atoms. The van der Waals surface area contributed by atoms with Crippen LogP contribution >= 0.6 is 0 Å². The zero-order valence-electron chi connectivity index (χ0n) is 25.6. The number of hydrogen-bond donors (Lipinski definition) is 8. The van der Waals surface area contributed by atoms with Gasteiger partial charge in [-0.15, -0.1) is 0 Å². The van der Waals surface area contributed by atoms with Gasteiger partial charge in [-0.25, -0.2) is 4.79 Å². The molecule has 1 aromatic heterocycles. The molecule has 0 saturated carbocycles. The number of carbonyl (C=O) groups is 5. The number of nitrogens with two attached hydrogens (primary N) is 1. The first kappa shape index (κ1) is 35.2. The molecule has 0 aliphatic heterocycles. The number of para-hydroxylation sites is 1. The van der Waals surface area contributed by atoms with Gasteiger partial charge in [0.05, 0.1) is 12.6 Å². The van der Waals surface area contributed by atoms with Crippen LogP contribution in [0.5, 0.6) is 0 Å². The predicted octanol–water partition coefficient (Wildman–Crippen LogP) is 0.412. The Balaban J connectivity index is 2.06. The van der Waals surface area contributed by atoms with Crippen molar-refractivity contribution in [2.45, 2.75) is 84.6 Å². The fourth-order valence-electron chi connectivity index (χ4n) is 4.62. The maximum atomic E-state index is 13.3. The molecule has 238 valence electrons. The minimum atomic E-state index is -1.38. The molecule has 4 amide bonds. The van der Waals surface area contributed by atoms with Crippen LogP contribution < -0.4 is 27.0 Å². The van der Waals surface area contributed by atoms with Crippen LogP contribution in [0.25, 0.3) is 10.9 Å². The highest BCUT2D eigenvalue weighted by molar-refractivity contribution is 5.96. The van der Waals surface area contributed by atoms with E-state index in [9.17, 15) is 34.2 Å². The minimum Gasteiger partial charge on any atom is -0.480 e. The number of aliphatic hydroxyl groups excluding tert-OH is 1. The first-order valence-electron chi connectivity index (χ1n) is 14.5. The van der Waals surface area contributed by atoms with Crippen molar-refractivity contribution in [3.63, 3.8) is 0 Å². The number of aliphatic carboxylic acids is 1. The standard InChI is InChI=1S/C30H46N6O7/c1-15(2)11-22(30(42)43)33-28(40)24(16(3)4)36-29(41)25(17(5)6)35-27(39)23(14-37)34-26(38)20(31)12-18-13-32-21-10-8-7-9-19(18)21/h7-10,13,15-17,20,22-25,32,37H,11-12,14,31H2,1-6H3,(H,33,40)(H,34,38)(H,35,39)(H,36,41)(H,42,43)/t20-,22-,23-,24-,25-/m0/s1. The number of nitrogens with one attached hydrogen (secondary N) is 5. The van der Waals surface area contributed by atoms with Crippen LogP contribution in [0.4, 0.5) is 0 Å². The molecule has 2 aromatic rings. The number of hydrogen-bond acceptors (Lipinski definition) is 7. The highest BCUT2D eigenvalue weighted by atomic mass is 16.4. The Hall–Kier alpha value is -3.97. The van der Waals surface area contributed by atoms with Gasteiger partial charge in [-0.3, -0.25) is 19.2 Å². The van der Waals surface area contributed by atoms with Crippen molar-refractivity contribution in [3.8, 4) is 0 Å². The van der Waals surface area contributed by atoms with Crippen LogP contribution in [0.15, 0.2) is 30.5 Å². The van der Waals surface area contributed by atoms with Crippen LogP contribution in [0.2, 0.25) is 0 Å². The van der Waals surface area contributed by atoms with Gasteiger partial charge in [0.1, 0.15) is 24.2 Å². The summed E-state index contributed by atoms with van der Waals surface area (Å²) in [6.45, 7) is 9.68. The van der Waals surface area contributed by atoms with Crippen LogP contribution in [0.3, 0.4) is 0 Å². The lowest BCUT2D eigenvalue weighted by atomic mass is 9.98. The average Bonchev–Trinajstić information content (AvgIpc) is 3.34. The number of amides is 4. The molecule has 0 fully saturated rings. The van der Waals surface area contributed by atoms with E-state index >= 15 is 0 Å². The van der Waals surface area contributed by atoms with Gasteiger partial charge >= 0.3 is 5.97 Å². The Morgan fingerprint density at radius 2 is 1.33 bits per heavy atom. The third kappa shape index (κ3) is 10.1. The Morgan fingerprint density at radius 3 is 1.86 bits per heavy atom. The Bertz CT molecular complexity index is 1270. The third-order valence-corrected chi connectivity index (χ3v) is 7.08. The molecule has 2 rings (SSSR count). The summed E-state index contributed by atoms with van der Waals surface area (Å²) in [5, 5.41) is 30.4. The van der Waals surface area contributed by atoms with E-state index in [1.54, 1.807) is 33.9 Å². The summed E-state index contributed by atoms with van der Waals surface area (Å²) < 4.78 is 0. The number of carboxylic acid groups (broad SMARTS) is 1. The molecule has 13 heteroatoms. The minimum absolute atomic E-state index is 0.0112. The quantitative estimate of drug-likeness (QED) is 0.134. The summed E-state index contributed by atoms with van der Waals surface area (Å²) in [6.07, 6.45) is 2.16. The van der Waals surface area contributed by atoms with Crippen LogP contribution in [-0.4, -0.2) is 81.6 Å². The number of carboxylic acids is 1. The van der Waals surface area contributed by atoms with Crippen LogP contribution in [0.1, 0.15) is 53.5 Å². The molecule has 0 radical (unpaired) electrons. The summed E-state index contributed by atoms with van der Waals surface area (Å²) in [5.41, 5.74) is 7.83. The average molecular weight is 603 g/mol. The van der Waals surface area contributed by atoms with E-state index in [-0.39, 0.29) is 18.8 Å². The number of rotatable bonds is 16. The van der Waals surface area contributed by atoms with E-state index in [2.05, 4.69) is 26.3 Å². The number of fused-ring (bicyclic) bond motifs is 1. The van der Waals surface area contributed by atoms with E-state index in [1.165, 1.54) is 0 Å². The van der Waals surface area contributed by atoms with Gasteiger partial charge in [-0.05, 0) is 42.2 Å². The van der Waals surface area contributed by atoms with Gasteiger partial charge in [0.15, 0.2) is 0 Å². The molecule has 43 heavy (non-hydrogen) atoms. The Labute approximate surface area is 251 Å². The number of aliphatic hydroxyl groups is 1. The number of aromatic amines is 1. The van der Waals surface area contributed by atoms with E-state index < -0.39 is 78.2 Å². The van der Waals surface area contributed by atoms with Gasteiger partial charge in [0, 0.05) is 17.1 Å². The molecular weight excluding hydrogens is 556 g/mol. The summed E-state index contributed by atoms with van der Waals surface area (Å²) in [7, 11) is 0. The van der Waals surface area contributed by atoms with Crippen LogP contribution in [-0.2, 0) is 30.4 Å². The molecule has 5 atom stereocenters. The van der Waals surface area contributed by atoms with Crippen molar-refractivity contribution in [1.29, 1.82) is 0 Å². The number of H-pyrrole nitrogens is 1. The van der Waals surface area contributed by atoms with Gasteiger partial charge < -0.3 is 42.2 Å². The Kier molecular flexibility index (Phi) is 13.1. The monoisotopic (exact) mass is 602 g/mol. The molecule has 1 aromatic carbocycles. The predicted molar refractivity (Wildman–Crippen MR) is 162 cm³/mol. The van der Waals surface area contributed by atoms with Crippen molar-refractivity contribution in [2.75, 3.05) is 6.61 Å². The molecule has 0 aliphatic rings. The second-order valence-electron chi connectivity index (χ2n) is 11.9. The normalized spacial score (nSPS) is 15.0. The SMILES string of the molecule is CC(C)C[C@H](NC(=O)[C@@H](NC(=O)[C@@H](NC(=O)[C@H](CO)NC(=O)[C@@H](N)Cc1c[nH]c2ccccc12)C(C)C)C(C)C)C(=O)O. The lowest BCUT2D eigenvalue weighted by Gasteiger charge is -2.29. The molecule has 0 unspecified atom stereocenters. The third-order valence-electron chi connectivity index (χ3n) is 7.08. The van der Waals surface area contributed by atoms with Crippen molar-refractivity contribution >= 4 is 40.5 Å². The zero-order chi connectivity index (χ0) is 32.4. The second-order valence-corrected chi connectivity index (χ2v) is 11.9. The number of aromatic nitrogens is 1. The summed E-state index contributed by atoms with van der Waals surface area (Å²) >= 11 is 0. The molecule has 0 aliphatic carbocycles. The topological polar surface area (TPSA) is 216 Å². The largest absolute Gasteiger partial charge is 0.480 e. The molecule has 9 N–H and O–H groups in total. The van der Waals surface area contributed by atoms with E-state index in [0.717, 1.165) is 16.5 Å². The van der Waals surface area contributed by atoms with Crippen molar-refractivity contribution in [1.82, 2.24) is 26.3 Å². The van der Waals surface area contributed by atoms with Gasteiger partial charge in [0.25, 0.3) is 0 Å².